The zero-order valence-electron chi connectivity index (χ0n) is 14.4. The topological polar surface area (TPSA) is 86.7 Å². The average molecular weight is 374 g/mol. The summed E-state index contributed by atoms with van der Waals surface area (Å²) in [7, 11) is -3.70. The van der Waals surface area contributed by atoms with Crippen molar-refractivity contribution in [3.8, 4) is 0 Å². The Hall–Kier alpha value is -2.22. The predicted octanol–water partition coefficient (Wildman–Crippen LogP) is 2.46. The van der Waals surface area contributed by atoms with E-state index in [1.807, 2.05) is 24.3 Å². The van der Waals surface area contributed by atoms with E-state index in [1.54, 1.807) is 0 Å². The Morgan fingerprint density at radius 3 is 2.23 bits per heavy atom. The zero-order chi connectivity index (χ0) is 18.6. The van der Waals surface area contributed by atoms with E-state index in [0.717, 1.165) is 30.8 Å². The summed E-state index contributed by atoms with van der Waals surface area (Å²) in [5, 5.41) is 8.91. The number of aromatic carboxylic acids is 1. The van der Waals surface area contributed by atoms with Crippen molar-refractivity contribution in [1.29, 1.82) is 0 Å². The fourth-order valence-electron chi connectivity index (χ4n) is 3.10. The van der Waals surface area contributed by atoms with Crippen molar-refractivity contribution in [2.45, 2.75) is 30.8 Å². The lowest BCUT2D eigenvalue weighted by Gasteiger charge is -2.17. The molecule has 1 fully saturated rings. The van der Waals surface area contributed by atoms with Gasteiger partial charge in [0.15, 0.2) is 0 Å². The van der Waals surface area contributed by atoms with Crippen molar-refractivity contribution in [2.75, 3.05) is 13.1 Å². The molecule has 0 aliphatic carbocycles. The molecule has 1 heterocycles. The monoisotopic (exact) mass is 374 g/mol. The minimum absolute atomic E-state index is 0.0551. The Balaban J connectivity index is 1.70. The van der Waals surface area contributed by atoms with Gasteiger partial charge in [-0.3, -0.25) is 4.90 Å². The molecule has 0 atom stereocenters. The molecular weight excluding hydrogens is 352 g/mol. The van der Waals surface area contributed by atoms with Gasteiger partial charge in [0.25, 0.3) is 0 Å². The van der Waals surface area contributed by atoms with Crippen LogP contribution < -0.4 is 4.72 Å². The van der Waals surface area contributed by atoms with E-state index >= 15 is 0 Å². The molecule has 1 saturated heterocycles. The van der Waals surface area contributed by atoms with Crippen LogP contribution in [0.2, 0.25) is 0 Å². The summed E-state index contributed by atoms with van der Waals surface area (Å²) in [5.41, 5.74) is 2.13. The van der Waals surface area contributed by atoms with Crippen LogP contribution in [0.25, 0.3) is 0 Å². The standard InChI is InChI=1S/C19H22N2O4S/c22-19(23)15-7-9-18(10-8-15)26(24,25)20-13-16-5-1-2-6-17(16)14-21-11-3-4-12-21/h1-2,5-10,20H,3-4,11-14H2,(H,22,23). The first kappa shape index (κ1) is 18.6. The molecule has 1 aliphatic rings. The first-order valence-electron chi connectivity index (χ1n) is 8.58. The highest BCUT2D eigenvalue weighted by Crippen LogP contribution is 2.17. The van der Waals surface area contributed by atoms with Crippen LogP contribution in [0.15, 0.2) is 53.4 Å². The maximum Gasteiger partial charge on any atom is 0.335 e. The van der Waals surface area contributed by atoms with Gasteiger partial charge in [-0.05, 0) is 61.3 Å². The van der Waals surface area contributed by atoms with E-state index in [9.17, 15) is 13.2 Å². The number of rotatable bonds is 7. The number of carboxylic acid groups (broad SMARTS) is 1. The van der Waals surface area contributed by atoms with E-state index in [-0.39, 0.29) is 17.0 Å². The lowest BCUT2D eigenvalue weighted by atomic mass is 10.1. The third kappa shape index (κ3) is 4.49. The highest BCUT2D eigenvalue weighted by molar-refractivity contribution is 7.89. The Morgan fingerprint density at radius 2 is 1.62 bits per heavy atom. The predicted molar refractivity (Wildman–Crippen MR) is 98.4 cm³/mol. The van der Waals surface area contributed by atoms with Crippen molar-refractivity contribution in [1.82, 2.24) is 9.62 Å². The van der Waals surface area contributed by atoms with E-state index in [0.29, 0.717) is 0 Å². The first-order valence-corrected chi connectivity index (χ1v) is 10.1. The van der Waals surface area contributed by atoms with Crippen LogP contribution in [0, 0.1) is 0 Å². The Morgan fingerprint density at radius 1 is 1.00 bits per heavy atom. The van der Waals surface area contributed by atoms with E-state index in [2.05, 4.69) is 9.62 Å². The lowest BCUT2D eigenvalue weighted by molar-refractivity contribution is 0.0696. The lowest BCUT2D eigenvalue weighted by Crippen LogP contribution is -2.25. The van der Waals surface area contributed by atoms with Gasteiger partial charge >= 0.3 is 5.97 Å². The van der Waals surface area contributed by atoms with Crippen LogP contribution in [0.3, 0.4) is 0 Å². The molecule has 2 aromatic carbocycles. The van der Waals surface area contributed by atoms with Gasteiger partial charge in [0.05, 0.1) is 10.5 Å². The number of sulfonamides is 1. The molecule has 0 spiro atoms. The molecule has 0 saturated carbocycles. The number of hydrogen-bond acceptors (Lipinski definition) is 4. The normalized spacial score (nSPS) is 15.2. The number of likely N-dealkylation sites (tertiary alicyclic amines) is 1. The van der Waals surface area contributed by atoms with Crippen LogP contribution in [0.5, 0.6) is 0 Å². The number of benzene rings is 2. The van der Waals surface area contributed by atoms with Crippen molar-refractivity contribution < 1.29 is 18.3 Å². The summed E-state index contributed by atoms with van der Waals surface area (Å²) in [4.78, 5) is 13.3. The fraction of sp³-hybridized carbons (Fsp3) is 0.316. The van der Waals surface area contributed by atoms with Crippen molar-refractivity contribution in [2.24, 2.45) is 0 Å². The summed E-state index contributed by atoms with van der Waals surface area (Å²) in [6.45, 7) is 3.18. The molecule has 0 radical (unpaired) electrons. The summed E-state index contributed by atoms with van der Waals surface area (Å²) in [6, 6.07) is 13.0. The zero-order valence-corrected chi connectivity index (χ0v) is 15.2. The van der Waals surface area contributed by atoms with Gasteiger partial charge in [0, 0.05) is 13.1 Å². The molecule has 6 nitrogen and oxygen atoms in total. The first-order chi connectivity index (χ1) is 12.5. The van der Waals surface area contributed by atoms with Crippen LogP contribution >= 0.6 is 0 Å². The van der Waals surface area contributed by atoms with Gasteiger partial charge in [0.2, 0.25) is 10.0 Å². The van der Waals surface area contributed by atoms with E-state index in [1.165, 1.54) is 37.1 Å². The second-order valence-electron chi connectivity index (χ2n) is 6.41. The fourth-order valence-corrected chi connectivity index (χ4v) is 4.11. The van der Waals surface area contributed by atoms with Crippen molar-refractivity contribution >= 4 is 16.0 Å². The number of carboxylic acids is 1. The Kier molecular flexibility index (Phi) is 5.70. The highest BCUT2D eigenvalue weighted by Gasteiger charge is 2.17. The minimum atomic E-state index is -3.70. The Labute approximate surface area is 153 Å². The third-order valence-corrected chi connectivity index (χ3v) is 5.99. The minimum Gasteiger partial charge on any atom is -0.478 e. The molecule has 0 amide bonds. The average Bonchev–Trinajstić information content (AvgIpc) is 3.14. The molecule has 0 unspecified atom stereocenters. The van der Waals surface area contributed by atoms with Crippen molar-refractivity contribution in [3.63, 3.8) is 0 Å². The molecule has 2 aromatic rings. The highest BCUT2D eigenvalue weighted by atomic mass is 32.2. The number of nitrogens with zero attached hydrogens (tertiary/aromatic N) is 1. The third-order valence-electron chi connectivity index (χ3n) is 4.58. The van der Waals surface area contributed by atoms with Crippen molar-refractivity contribution in [3.05, 3.63) is 65.2 Å². The maximum absolute atomic E-state index is 12.5. The van der Waals surface area contributed by atoms with Crippen LogP contribution in [-0.4, -0.2) is 37.5 Å². The van der Waals surface area contributed by atoms with E-state index in [4.69, 9.17) is 5.11 Å². The SMILES string of the molecule is O=C(O)c1ccc(S(=O)(=O)NCc2ccccc2CN2CCCC2)cc1. The molecule has 0 bridgehead atoms. The maximum atomic E-state index is 12.5. The second-order valence-corrected chi connectivity index (χ2v) is 8.17. The Bertz CT molecular complexity index is 873. The molecule has 2 N–H and O–H groups in total. The molecule has 0 aromatic heterocycles. The van der Waals surface area contributed by atoms with Gasteiger partial charge in [-0.15, -0.1) is 0 Å². The molecule has 1 aliphatic heterocycles. The van der Waals surface area contributed by atoms with Gasteiger partial charge in [-0.25, -0.2) is 17.9 Å². The molecule has 7 heteroatoms. The van der Waals surface area contributed by atoms with Gasteiger partial charge in [-0.1, -0.05) is 24.3 Å². The number of carbonyl (C=O) groups is 1. The largest absolute Gasteiger partial charge is 0.478 e. The van der Waals surface area contributed by atoms with Gasteiger partial charge < -0.3 is 5.11 Å². The number of nitrogens with one attached hydrogen (secondary N) is 1. The number of hydrogen-bond donors (Lipinski definition) is 2. The molecule has 3 rings (SSSR count). The van der Waals surface area contributed by atoms with Crippen LogP contribution in [0.4, 0.5) is 0 Å². The van der Waals surface area contributed by atoms with E-state index < -0.39 is 16.0 Å². The quantitative estimate of drug-likeness (QED) is 0.777. The van der Waals surface area contributed by atoms with Gasteiger partial charge in [0.1, 0.15) is 0 Å². The summed E-state index contributed by atoms with van der Waals surface area (Å²) >= 11 is 0. The summed E-state index contributed by atoms with van der Waals surface area (Å²) in [6.07, 6.45) is 2.42. The second kappa shape index (κ2) is 7.99. The summed E-state index contributed by atoms with van der Waals surface area (Å²) < 4.78 is 27.6. The summed E-state index contributed by atoms with van der Waals surface area (Å²) in [5.74, 6) is -1.09. The van der Waals surface area contributed by atoms with Crippen LogP contribution in [0.1, 0.15) is 34.3 Å². The molecule has 26 heavy (non-hydrogen) atoms. The van der Waals surface area contributed by atoms with Gasteiger partial charge in [-0.2, -0.15) is 0 Å². The van der Waals surface area contributed by atoms with Crippen LogP contribution in [-0.2, 0) is 23.1 Å². The smallest absolute Gasteiger partial charge is 0.335 e. The molecule has 138 valence electrons. The molecular formula is C19H22N2O4S.